The van der Waals surface area contributed by atoms with Crippen LogP contribution in [0.25, 0.3) is 44.9 Å². The van der Waals surface area contributed by atoms with Crippen LogP contribution in [0.3, 0.4) is 0 Å². The zero-order valence-corrected chi connectivity index (χ0v) is 49.7. The maximum absolute atomic E-state index is 8.41. The molecule has 0 amide bonds. The third-order valence-electron chi connectivity index (χ3n) is 16.1. The first-order chi connectivity index (χ1) is 36.7. The van der Waals surface area contributed by atoms with Crippen molar-refractivity contribution in [1.82, 2.24) is 15.0 Å². The van der Waals surface area contributed by atoms with Crippen molar-refractivity contribution in [2.45, 2.75) is 174 Å². The molecule has 0 aliphatic heterocycles. The van der Waals surface area contributed by atoms with Crippen molar-refractivity contribution in [2.75, 3.05) is 0 Å². The summed E-state index contributed by atoms with van der Waals surface area (Å²) in [5.74, 6) is 0.578. The van der Waals surface area contributed by atoms with Crippen LogP contribution in [0.1, 0.15) is 181 Å². The van der Waals surface area contributed by atoms with Crippen molar-refractivity contribution in [3.63, 3.8) is 0 Å². The van der Waals surface area contributed by atoms with E-state index >= 15 is 0 Å². The molecule has 392 valence electrons. The summed E-state index contributed by atoms with van der Waals surface area (Å²) in [6.07, 6.45) is 14.2. The van der Waals surface area contributed by atoms with Crippen LogP contribution in [-0.2, 0) is 66.4 Å². The first-order valence-electron chi connectivity index (χ1n) is 29.0. The molecular formula is C72H80IrN3. The molecule has 3 aromatic heterocycles. The van der Waals surface area contributed by atoms with Crippen molar-refractivity contribution in [1.29, 1.82) is 0 Å². The standard InChI is InChI=1S/C72H80N3.Ir/c1-49-48-75-67(44-64(49)55-21-19-54(20-22-55)53-17-15-14-16-18-53)58-27-33-61(34-28-58)72(12,13)47-52-40-50(45-70(8,9)59-29-23-56(24-30-59)65-42-62(35-37-73-65)68(2,3)4)39-51(41-52)46-71(10,11)60-31-25-57(26-32-60)66-43-63(36-38-74-66)69(5,6)7;/h19-23,25,27,29-44,48,53H,14-18,45-47H2,1-13H3;/q-3;+3/i1D3;. The Morgan fingerprint density at radius 1 is 0.461 bits per heavy atom. The van der Waals surface area contributed by atoms with Gasteiger partial charge in [0.25, 0.3) is 0 Å². The molecule has 0 radical (unpaired) electrons. The van der Waals surface area contributed by atoms with E-state index in [-0.39, 0.29) is 52.7 Å². The maximum Gasteiger partial charge on any atom is 3.00 e. The Kier molecular flexibility index (Phi) is 15.6. The average molecular weight is 1180 g/mol. The Balaban J connectivity index is 0.00000822. The molecule has 3 nitrogen and oxygen atoms in total. The van der Waals surface area contributed by atoms with Gasteiger partial charge >= 0.3 is 20.1 Å². The van der Waals surface area contributed by atoms with E-state index in [0.717, 1.165) is 52.9 Å². The van der Waals surface area contributed by atoms with Crippen LogP contribution >= 0.6 is 0 Å². The Hall–Kier alpha value is -5.80. The maximum atomic E-state index is 8.41. The van der Waals surface area contributed by atoms with Crippen LogP contribution in [0, 0.1) is 25.1 Å². The summed E-state index contributed by atoms with van der Waals surface area (Å²) in [5, 5.41) is 0. The number of aryl methyl sites for hydroxylation is 1. The van der Waals surface area contributed by atoms with Crippen molar-refractivity contribution in [2.24, 2.45) is 0 Å². The van der Waals surface area contributed by atoms with Gasteiger partial charge in [0.05, 0.1) is 0 Å². The third-order valence-corrected chi connectivity index (χ3v) is 16.1. The number of pyridine rings is 3. The monoisotopic (exact) mass is 1180 g/mol. The van der Waals surface area contributed by atoms with Gasteiger partial charge in [0.15, 0.2) is 0 Å². The fourth-order valence-corrected chi connectivity index (χ4v) is 11.3. The number of hydrogen-bond donors (Lipinski definition) is 0. The molecule has 3 heterocycles. The van der Waals surface area contributed by atoms with E-state index in [4.69, 9.17) is 19.1 Å². The van der Waals surface area contributed by atoms with E-state index in [1.807, 2.05) is 18.5 Å². The minimum absolute atomic E-state index is 0. The van der Waals surface area contributed by atoms with Crippen molar-refractivity contribution in [3.8, 4) is 44.9 Å². The van der Waals surface area contributed by atoms with Gasteiger partial charge in [-0.1, -0.05) is 163 Å². The van der Waals surface area contributed by atoms with Crippen molar-refractivity contribution in [3.05, 3.63) is 220 Å². The van der Waals surface area contributed by atoms with E-state index in [1.54, 1.807) is 6.20 Å². The van der Waals surface area contributed by atoms with Gasteiger partial charge in [-0.05, 0) is 151 Å². The van der Waals surface area contributed by atoms with Crippen LogP contribution in [0.5, 0.6) is 0 Å². The molecule has 5 aromatic carbocycles. The van der Waals surface area contributed by atoms with Crippen LogP contribution in [0.2, 0.25) is 0 Å². The predicted molar refractivity (Wildman–Crippen MR) is 316 cm³/mol. The number of aromatic nitrogens is 3. The third kappa shape index (κ3) is 13.3. The van der Waals surface area contributed by atoms with Crippen molar-refractivity contribution >= 4 is 0 Å². The van der Waals surface area contributed by atoms with E-state index in [2.05, 4.69) is 223 Å². The Bertz CT molecular complexity index is 3220. The minimum atomic E-state index is -2.30. The van der Waals surface area contributed by atoms with E-state index in [1.165, 1.54) is 82.2 Å². The van der Waals surface area contributed by atoms with Crippen LogP contribution in [0.4, 0.5) is 0 Å². The number of benzene rings is 5. The van der Waals surface area contributed by atoms with E-state index in [0.29, 0.717) is 17.2 Å². The molecule has 0 saturated heterocycles. The van der Waals surface area contributed by atoms with Crippen molar-refractivity contribution < 1.29 is 24.2 Å². The smallest absolute Gasteiger partial charge is 0.305 e. The molecule has 0 atom stereocenters. The van der Waals surface area contributed by atoms with Crippen LogP contribution < -0.4 is 0 Å². The summed E-state index contributed by atoms with van der Waals surface area (Å²) in [5.41, 5.74) is 18.2. The SMILES string of the molecule is [2H]C([2H])([2H])c1cnc(-c2[c-]cc(C(C)(C)Cc3cc(CC(C)(C)c4c[c-]c(-c5cc(C(C)(C)C)ccn5)cc4)cc(CC(C)(C)c4c[c-]c(-c5cc(C(C)(C)C)ccn5)cc4)c3)cc2)cc1-c1ccc(C2CCCCC2)cc1.[Ir+3]. The molecule has 1 fully saturated rings. The van der Waals surface area contributed by atoms with E-state index in [9.17, 15) is 0 Å². The summed E-state index contributed by atoms with van der Waals surface area (Å²) in [7, 11) is 0. The molecular weight excluding hydrogens is 1100 g/mol. The number of nitrogens with zero attached hydrogens (tertiary/aromatic N) is 3. The fourth-order valence-electron chi connectivity index (χ4n) is 11.3. The van der Waals surface area contributed by atoms with E-state index < -0.39 is 6.85 Å². The first kappa shape index (κ1) is 52.3. The molecule has 1 saturated carbocycles. The van der Waals surface area contributed by atoms with Crippen LogP contribution in [-0.4, -0.2) is 15.0 Å². The topological polar surface area (TPSA) is 38.7 Å². The summed E-state index contributed by atoms with van der Waals surface area (Å²) in [6.45, 7) is 25.1. The average Bonchev–Trinajstić information content (AvgIpc) is 3.45. The molecule has 4 heteroatoms. The predicted octanol–water partition coefficient (Wildman–Crippen LogP) is 18.4. The van der Waals surface area contributed by atoms with Gasteiger partial charge < -0.3 is 15.0 Å². The Morgan fingerprint density at radius 3 is 1.24 bits per heavy atom. The molecule has 0 unspecified atom stereocenters. The van der Waals surface area contributed by atoms with Gasteiger partial charge in [0, 0.05) is 22.7 Å². The molecule has 0 bridgehead atoms. The Labute approximate surface area is 475 Å². The first-order valence-corrected chi connectivity index (χ1v) is 27.5. The second-order valence-corrected chi connectivity index (χ2v) is 25.7. The molecule has 0 spiro atoms. The summed E-state index contributed by atoms with van der Waals surface area (Å²) in [6, 6.07) is 56.9. The van der Waals surface area contributed by atoms with Gasteiger partial charge in [-0.3, -0.25) is 0 Å². The number of rotatable bonds is 14. The zero-order valence-electron chi connectivity index (χ0n) is 50.3. The molecule has 76 heavy (non-hydrogen) atoms. The zero-order chi connectivity index (χ0) is 55.8. The Morgan fingerprint density at radius 2 is 0.868 bits per heavy atom. The fraction of sp³-hybridized carbons (Fsp3) is 0.375. The normalized spacial score (nSPS) is 14.6. The van der Waals surface area contributed by atoms with Gasteiger partial charge in [-0.25, -0.2) is 0 Å². The molecule has 9 rings (SSSR count). The molecule has 8 aromatic rings. The summed E-state index contributed by atoms with van der Waals surface area (Å²) >= 11 is 0. The van der Waals surface area contributed by atoms with Gasteiger partial charge in [0.1, 0.15) is 0 Å². The summed E-state index contributed by atoms with van der Waals surface area (Å²) < 4.78 is 25.2. The molecule has 0 N–H and O–H groups in total. The van der Waals surface area contributed by atoms with Crippen LogP contribution in [0.15, 0.2) is 146 Å². The summed E-state index contributed by atoms with van der Waals surface area (Å²) in [4.78, 5) is 14.2. The molecule has 1 aliphatic rings. The quantitative estimate of drug-likeness (QED) is 0.102. The van der Waals surface area contributed by atoms with Gasteiger partial charge in [-0.15, -0.1) is 106 Å². The minimum Gasteiger partial charge on any atom is -0.305 e. The van der Waals surface area contributed by atoms with Gasteiger partial charge in [-0.2, -0.15) is 0 Å². The largest absolute Gasteiger partial charge is 3.00 e. The molecule has 1 aliphatic carbocycles. The number of hydrogen-bond acceptors (Lipinski definition) is 3. The second-order valence-electron chi connectivity index (χ2n) is 25.7. The van der Waals surface area contributed by atoms with Gasteiger partial charge in [0.2, 0.25) is 0 Å². The second kappa shape index (κ2) is 22.7.